The zero-order chi connectivity index (χ0) is 12.8. The topological polar surface area (TPSA) is 52.6 Å². The van der Waals surface area contributed by atoms with Gasteiger partial charge in [-0.1, -0.05) is 20.3 Å². The van der Waals surface area contributed by atoms with Gasteiger partial charge in [-0.05, 0) is 26.2 Å². The van der Waals surface area contributed by atoms with Crippen LogP contribution in [0.15, 0.2) is 0 Å². The number of esters is 2. The normalized spacial score (nSPS) is 13.1. The zero-order valence-electron chi connectivity index (χ0n) is 10.8. The maximum Gasteiger partial charge on any atom is 0.350 e. The summed E-state index contributed by atoms with van der Waals surface area (Å²) in [6, 6.07) is 0. The van der Waals surface area contributed by atoms with E-state index >= 15 is 0 Å². The van der Waals surface area contributed by atoms with E-state index in [0.29, 0.717) is 12.5 Å². The van der Waals surface area contributed by atoms with Crippen LogP contribution < -0.4 is 0 Å². The largest absolute Gasteiger partial charge is 0.462 e. The van der Waals surface area contributed by atoms with Crippen molar-refractivity contribution in [3.05, 3.63) is 0 Å². The average Bonchev–Trinajstić information content (AvgIpc) is 2.12. The summed E-state index contributed by atoms with van der Waals surface area (Å²) in [5.41, 5.74) is -1.20. The molecule has 0 amide bonds. The quantitative estimate of drug-likeness (QED) is 0.657. The molecule has 1 atom stereocenters. The zero-order valence-corrected chi connectivity index (χ0v) is 10.8. The van der Waals surface area contributed by atoms with Crippen molar-refractivity contribution in [2.75, 3.05) is 6.61 Å². The third kappa shape index (κ3) is 5.73. The van der Waals surface area contributed by atoms with Crippen molar-refractivity contribution in [3.8, 4) is 0 Å². The minimum absolute atomic E-state index is 0.335. The van der Waals surface area contributed by atoms with Gasteiger partial charge in [0.05, 0.1) is 6.61 Å². The maximum absolute atomic E-state index is 11.6. The van der Waals surface area contributed by atoms with Gasteiger partial charge in [-0.15, -0.1) is 0 Å². The first-order valence-corrected chi connectivity index (χ1v) is 5.66. The third-order valence-corrected chi connectivity index (χ3v) is 2.17. The average molecular weight is 230 g/mol. The van der Waals surface area contributed by atoms with Crippen molar-refractivity contribution >= 4 is 11.9 Å². The molecule has 0 radical (unpaired) electrons. The van der Waals surface area contributed by atoms with Crippen LogP contribution in [-0.4, -0.2) is 24.1 Å². The van der Waals surface area contributed by atoms with Crippen LogP contribution in [0.2, 0.25) is 0 Å². The number of carbonyl (C=O) groups is 2. The molecule has 0 saturated carbocycles. The Morgan fingerprint density at radius 2 is 1.88 bits per heavy atom. The van der Waals surface area contributed by atoms with Gasteiger partial charge in [0.15, 0.2) is 0 Å². The summed E-state index contributed by atoms with van der Waals surface area (Å²) in [6.07, 6.45) is 2.08. The third-order valence-electron chi connectivity index (χ3n) is 2.17. The number of hydrogen-bond donors (Lipinski definition) is 0. The molecule has 0 fully saturated rings. The second-order valence-corrected chi connectivity index (χ2v) is 4.60. The SMILES string of the molecule is CCCC(C)COC(=O)C(C)(C)OC(C)=O. The molecule has 0 aliphatic carbocycles. The lowest BCUT2D eigenvalue weighted by Gasteiger charge is -2.23. The second kappa shape index (κ2) is 6.51. The lowest BCUT2D eigenvalue weighted by atomic mass is 10.1. The molecule has 0 heterocycles. The second-order valence-electron chi connectivity index (χ2n) is 4.60. The molecule has 0 rings (SSSR count). The van der Waals surface area contributed by atoms with E-state index in [1.807, 2.05) is 6.92 Å². The number of ether oxygens (including phenoxy) is 2. The fourth-order valence-electron chi connectivity index (χ4n) is 1.37. The molecule has 4 nitrogen and oxygen atoms in total. The van der Waals surface area contributed by atoms with E-state index in [9.17, 15) is 9.59 Å². The van der Waals surface area contributed by atoms with E-state index in [2.05, 4.69) is 6.92 Å². The van der Waals surface area contributed by atoms with Crippen LogP contribution in [0.3, 0.4) is 0 Å². The fourth-order valence-corrected chi connectivity index (χ4v) is 1.37. The predicted octanol–water partition coefficient (Wildman–Crippen LogP) is 2.31. The van der Waals surface area contributed by atoms with Crippen molar-refractivity contribution in [2.24, 2.45) is 5.92 Å². The molecule has 0 spiro atoms. The standard InChI is InChI=1S/C12H22O4/c1-6-7-9(2)8-15-11(14)12(4,5)16-10(3)13/h9H,6-8H2,1-5H3. The summed E-state index contributed by atoms with van der Waals surface area (Å²) in [5, 5.41) is 0. The Balaban J connectivity index is 4.09. The highest BCUT2D eigenvalue weighted by Gasteiger charge is 2.32. The molecule has 0 aromatic carbocycles. The van der Waals surface area contributed by atoms with Gasteiger partial charge in [0, 0.05) is 6.92 Å². The summed E-state index contributed by atoms with van der Waals surface area (Å²) in [7, 11) is 0. The smallest absolute Gasteiger partial charge is 0.350 e. The highest BCUT2D eigenvalue weighted by atomic mass is 16.6. The van der Waals surface area contributed by atoms with Gasteiger partial charge in [0.25, 0.3) is 0 Å². The molecule has 4 heteroatoms. The van der Waals surface area contributed by atoms with Crippen LogP contribution in [0.4, 0.5) is 0 Å². The number of hydrogen-bond acceptors (Lipinski definition) is 4. The highest BCUT2D eigenvalue weighted by molar-refractivity contribution is 5.82. The van der Waals surface area contributed by atoms with Gasteiger partial charge in [-0.3, -0.25) is 4.79 Å². The monoisotopic (exact) mass is 230 g/mol. The Morgan fingerprint density at radius 3 is 2.31 bits per heavy atom. The van der Waals surface area contributed by atoms with Crippen molar-refractivity contribution < 1.29 is 19.1 Å². The van der Waals surface area contributed by atoms with Crippen LogP contribution in [-0.2, 0) is 19.1 Å². The van der Waals surface area contributed by atoms with E-state index in [0.717, 1.165) is 12.8 Å². The van der Waals surface area contributed by atoms with Gasteiger partial charge < -0.3 is 9.47 Å². The molecular weight excluding hydrogens is 208 g/mol. The minimum Gasteiger partial charge on any atom is -0.462 e. The molecule has 94 valence electrons. The Kier molecular flexibility index (Phi) is 6.08. The van der Waals surface area contributed by atoms with E-state index in [1.165, 1.54) is 20.8 Å². The predicted molar refractivity (Wildman–Crippen MR) is 60.9 cm³/mol. The van der Waals surface area contributed by atoms with Crippen molar-refractivity contribution in [1.29, 1.82) is 0 Å². The van der Waals surface area contributed by atoms with Gasteiger partial charge in [-0.2, -0.15) is 0 Å². The van der Waals surface area contributed by atoms with Crippen LogP contribution in [0.25, 0.3) is 0 Å². The van der Waals surface area contributed by atoms with Crippen LogP contribution in [0.5, 0.6) is 0 Å². The molecule has 0 saturated heterocycles. The molecule has 0 aliphatic heterocycles. The first-order valence-electron chi connectivity index (χ1n) is 5.66. The van der Waals surface area contributed by atoms with E-state index in [4.69, 9.17) is 9.47 Å². The molecule has 0 aromatic heterocycles. The molecule has 16 heavy (non-hydrogen) atoms. The van der Waals surface area contributed by atoms with Crippen LogP contribution in [0, 0.1) is 5.92 Å². The highest BCUT2D eigenvalue weighted by Crippen LogP contribution is 2.14. The lowest BCUT2D eigenvalue weighted by Crippen LogP contribution is -2.38. The Morgan fingerprint density at radius 1 is 1.31 bits per heavy atom. The molecule has 0 bridgehead atoms. The van der Waals surface area contributed by atoms with Crippen LogP contribution >= 0.6 is 0 Å². The molecule has 0 aromatic rings. The number of rotatable bonds is 6. The van der Waals surface area contributed by atoms with E-state index in [1.54, 1.807) is 0 Å². The summed E-state index contributed by atoms with van der Waals surface area (Å²) in [6.45, 7) is 8.81. The molecule has 1 unspecified atom stereocenters. The van der Waals surface area contributed by atoms with Crippen LogP contribution in [0.1, 0.15) is 47.5 Å². The Labute approximate surface area is 97.3 Å². The maximum atomic E-state index is 11.6. The summed E-state index contributed by atoms with van der Waals surface area (Å²) in [5.74, 6) is -0.642. The lowest BCUT2D eigenvalue weighted by molar-refractivity contribution is -0.178. The molecular formula is C12H22O4. The van der Waals surface area contributed by atoms with E-state index < -0.39 is 17.5 Å². The first kappa shape index (κ1) is 14.9. The summed E-state index contributed by atoms with van der Waals surface area (Å²) in [4.78, 5) is 22.4. The van der Waals surface area contributed by atoms with E-state index in [-0.39, 0.29) is 0 Å². The summed E-state index contributed by atoms with van der Waals surface area (Å²) < 4.78 is 9.98. The van der Waals surface area contributed by atoms with Crippen molar-refractivity contribution in [2.45, 2.75) is 53.1 Å². The number of carbonyl (C=O) groups excluding carboxylic acids is 2. The van der Waals surface area contributed by atoms with Crippen molar-refractivity contribution in [3.63, 3.8) is 0 Å². The van der Waals surface area contributed by atoms with Gasteiger partial charge in [-0.25, -0.2) is 4.79 Å². The van der Waals surface area contributed by atoms with Gasteiger partial charge in [0.2, 0.25) is 5.60 Å². The molecule has 0 N–H and O–H groups in total. The Bertz CT molecular complexity index is 245. The van der Waals surface area contributed by atoms with Gasteiger partial charge in [0.1, 0.15) is 0 Å². The molecule has 0 aliphatic rings. The first-order chi connectivity index (χ1) is 7.29. The fraction of sp³-hybridized carbons (Fsp3) is 0.833. The van der Waals surface area contributed by atoms with Gasteiger partial charge >= 0.3 is 11.9 Å². The Hall–Kier alpha value is -1.06. The summed E-state index contributed by atoms with van der Waals surface area (Å²) >= 11 is 0. The minimum atomic E-state index is -1.20. The van der Waals surface area contributed by atoms with Crippen molar-refractivity contribution in [1.82, 2.24) is 0 Å².